The highest BCUT2D eigenvalue weighted by Crippen LogP contribution is 1.94. The standard InChI is InChI=1S/C5H13NO.ClH/c1-5(4-6)2-3-7;/h5,7H,2-4,6H2,1H3;1H. The lowest BCUT2D eigenvalue weighted by atomic mass is 10.1. The Labute approximate surface area is 56.5 Å². The van der Waals surface area contributed by atoms with Crippen LogP contribution in [0.3, 0.4) is 0 Å². The molecule has 0 rings (SSSR count). The summed E-state index contributed by atoms with van der Waals surface area (Å²) >= 11 is 0. The largest absolute Gasteiger partial charge is 0.396 e. The highest BCUT2D eigenvalue weighted by molar-refractivity contribution is 5.85. The molecule has 3 heteroatoms. The number of halogens is 1. The van der Waals surface area contributed by atoms with Crippen LogP contribution in [0.2, 0.25) is 0 Å². The van der Waals surface area contributed by atoms with E-state index in [4.69, 9.17) is 10.8 Å². The summed E-state index contributed by atoms with van der Waals surface area (Å²) in [6.45, 7) is 2.97. The first-order chi connectivity index (χ1) is 3.31. The van der Waals surface area contributed by atoms with Gasteiger partial charge in [-0.15, -0.1) is 12.4 Å². The maximum absolute atomic E-state index is 8.31. The maximum atomic E-state index is 8.31. The molecule has 0 heterocycles. The van der Waals surface area contributed by atoms with E-state index in [1.54, 1.807) is 0 Å². The van der Waals surface area contributed by atoms with Crippen molar-refractivity contribution in [3.8, 4) is 0 Å². The van der Waals surface area contributed by atoms with Gasteiger partial charge in [0.1, 0.15) is 0 Å². The molecule has 1 unspecified atom stereocenters. The zero-order valence-corrected chi connectivity index (χ0v) is 5.95. The highest BCUT2D eigenvalue weighted by atomic mass is 35.5. The molecular formula is C5H14ClNO. The Morgan fingerprint density at radius 1 is 1.62 bits per heavy atom. The van der Waals surface area contributed by atoms with Gasteiger partial charge >= 0.3 is 0 Å². The van der Waals surface area contributed by atoms with Gasteiger partial charge in [0, 0.05) is 6.61 Å². The second kappa shape index (κ2) is 7.21. The van der Waals surface area contributed by atoms with Gasteiger partial charge in [-0.3, -0.25) is 0 Å². The third-order valence-corrected chi connectivity index (χ3v) is 1.02. The molecule has 0 aromatic rings. The normalized spacial score (nSPS) is 12.4. The van der Waals surface area contributed by atoms with Crippen LogP contribution < -0.4 is 5.73 Å². The van der Waals surface area contributed by atoms with Crippen LogP contribution in [0.5, 0.6) is 0 Å². The summed E-state index contributed by atoms with van der Waals surface area (Å²) in [6, 6.07) is 0. The second-order valence-electron chi connectivity index (χ2n) is 1.85. The lowest BCUT2D eigenvalue weighted by Crippen LogP contribution is -2.11. The summed E-state index contributed by atoms with van der Waals surface area (Å²) in [5.74, 6) is 0.477. The van der Waals surface area contributed by atoms with Gasteiger partial charge in [0.25, 0.3) is 0 Å². The van der Waals surface area contributed by atoms with Gasteiger partial charge in [0.05, 0.1) is 0 Å². The van der Waals surface area contributed by atoms with Crippen molar-refractivity contribution in [1.82, 2.24) is 0 Å². The average Bonchev–Trinajstić information content (AvgIpc) is 1.68. The molecule has 0 saturated carbocycles. The zero-order valence-electron chi connectivity index (χ0n) is 5.13. The van der Waals surface area contributed by atoms with E-state index < -0.39 is 0 Å². The first-order valence-electron chi connectivity index (χ1n) is 2.62. The van der Waals surface area contributed by atoms with Crippen molar-refractivity contribution in [2.75, 3.05) is 13.2 Å². The van der Waals surface area contributed by atoms with Crippen LogP contribution in [-0.2, 0) is 0 Å². The fraction of sp³-hybridized carbons (Fsp3) is 1.00. The van der Waals surface area contributed by atoms with E-state index in [-0.39, 0.29) is 19.0 Å². The Kier molecular flexibility index (Phi) is 9.97. The summed E-state index contributed by atoms with van der Waals surface area (Å²) in [5.41, 5.74) is 5.25. The van der Waals surface area contributed by atoms with Crippen molar-refractivity contribution >= 4 is 12.4 Å². The van der Waals surface area contributed by atoms with Crippen molar-refractivity contribution in [2.45, 2.75) is 13.3 Å². The number of aliphatic hydroxyl groups is 1. The summed E-state index contributed by atoms with van der Waals surface area (Å²) in [4.78, 5) is 0. The number of hydrogen-bond donors (Lipinski definition) is 2. The minimum atomic E-state index is 0. The number of hydrogen-bond acceptors (Lipinski definition) is 2. The monoisotopic (exact) mass is 139 g/mol. The summed E-state index contributed by atoms with van der Waals surface area (Å²) in [5, 5.41) is 8.31. The van der Waals surface area contributed by atoms with E-state index in [2.05, 4.69) is 0 Å². The van der Waals surface area contributed by atoms with Crippen molar-refractivity contribution < 1.29 is 5.11 Å². The minimum absolute atomic E-state index is 0. The second-order valence-corrected chi connectivity index (χ2v) is 1.85. The van der Waals surface area contributed by atoms with Crippen molar-refractivity contribution in [1.29, 1.82) is 0 Å². The Balaban J connectivity index is 0. The lowest BCUT2D eigenvalue weighted by molar-refractivity contribution is 0.264. The summed E-state index contributed by atoms with van der Waals surface area (Å²) in [6.07, 6.45) is 0.830. The van der Waals surface area contributed by atoms with Crippen molar-refractivity contribution in [3.63, 3.8) is 0 Å². The number of aliphatic hydroxyl groups excluding tert-OH is 1. The Hall–Kier alpha value is 0.210. The fourth-order valence-electron chi connectivity index (χ4n) is 0.338. The third-order valence-electron chi connectivity index (χ3n) is 1.02. The fourth-order valence-corrected chi connectivity index (χ4v) is 0.338. The van der Waals surface area contributed by atoms with E-state index in [1.807, 2.05) is 6.92 Å². The van der Waals surface area contributed by atoms with Crippen LogP contribution in [0.1, 0.15) is 13.3 Å². The maximum Gasteiger partial charge on any atom is 0.0434 e. The molecule has 0 spiro atoms. The third kappa shape index (κ3) is 6.21. The van der Waals surface area contributed by atoms with Gasteiger partial charge in [-0.1, -0.05) is 6.92 Å². The molecule has 0 saturated heterocycles. The number of rotatable bonds is 3. The molecule has 52 valence electrons. The van der Waals surface area contributed by atoms with Crippen LogP contribution in [0.15, 0.2) is 0 Å². The lowest BCUT2D eigenvalue weighted by Gasteiger charge is -2.02. The van der Waals surface area contributed by atoms with Crippen LogP contribution in [0.4, 0.5) is 0 Å². The average molecular weight is 140 g/mol. The van der Waals surface area contributed by atoms with Gasteiger partial charge in [0.2, 0.25) is 0 Å². The summed E-state index contributed by atoms with van der Waals surface area (Å²) < 4.78 is 0. The van der Waals surface area contributed by atoms with Crippen molar-refractivity contribution in [2.24, 2.45) is 11.7 Å². The molecule has 0 fully saturated rings. The molecule has 0 bridgehead atoms. The predicted octanol–water partition coefficient (Wildman–Crippen LogP) is 0.385. The smallest absolute Gasteiger partial charge is 0.0434 e. The molecule has 8 heavy (non-hydrogen) atoms. The molecule has 1 atom stereocenters. The molecule has 0 amide bonds. The van der Waals surface area contributed by atoms with Crippen LogP contribution >= 0.6 is 12.4 Å². The van der Waals surface area contributed by atoms with E-state index in [0.29, 0.717) is 12.5 Å². The Bertz CT molecular complexity index is 43.4. The van der Waals surface area contributed by atoms with Crippen LogP contribution in [0.25, 0.3) is 0 Å². The highest BCUT2D eigenvalue weighted by Gasteiger charge is 1.93. The molecule has 0 aromatic carbocycles. The molecule has 0 radical (unpaired) electrons. The first-order valence-corrected chi connectivity index (χ1v) is 2.62. The van der Waals surface area contributed by atoms with E-state index >= 15 is 0 Å². The van der Waals surface area contributed by atoms with Gasteiger partial charge in [0.15, 0.2) is 0 Å². The Morgan fingerprint density at radius 3 is 2.25 bits per heavy atom. The SMILES string of the molecule is CC(CN)CCO.Cl. The Morgan fingerprint density at radius 2 is 2.12 bits per heavy atom. The van der Waals surface area contributed by atoms with Crippen LogP contribution in [-0.4, -0.2) is 18.3 Å². The zero-order chi connectivity index (χ0) is 5.70. The van der Waals surface area contributed by atoms with Gasteiger partial charge in [-0.05, 0) is 18.9 Å². The quantitative estimate of drug-likeness (QED) is 0.594. The predicted molar refractivity (Wildman–Crippen MR) is 37.2 cm³/mol. The molecule has 0 aliphatic heterocycles. The topological polar surface area (TPSA) is 46.2 Å². The molecule has 0 aliphatic rings. The molecular weight excluding hydrogens is 126 g/mol. The van der Waals surface area contributed by atoms with Crippen LogP contribution in [0, 0.1) is 5.92 Å². The van der Waals surface area contributed by atoms with E-state index in [0.717, 1.165) is 6.42 Å². The molecule has 0 aromatic heterocycles. The van der Waals surface area contributed by atoms with Gasteiger partial charge in [-0.25, -0.2) is 0 Å². The minimum Gasteiger partial charge on any atom is -0.396 e. The number of nitrogens with two attached hydrogens (primary N) is 1. The molecule has 2 nitrogen and oxygen atoms in total. The van der Waals surface area contributed by atoms with E-state index in [1.165, 1.54) is 0 Å². The van der Waals surface area contributed by atoms with E-state index in [9.17, 15) is 0 Å². The van der Waals surface area contributed by atoms with Gasteiger partial charge in [-0.2, -0.15) is 0 Å². The first kappa shape index (κ1) is 11.1. The van der Waals surface area contributed by atoms with Crippen molar-refractivity contribution in [3.05, 3.63) is 0 Å². The molecule has 3 N–H and O–H groups in total. The van der Waals surface area contributed by atoms with Gasteiger partial charge < -0.3 is 10.8 Å². The summed E-state index contributed by atoms with van der Waals surface area (Å²) in [7, 11) is 0. The molecule has 0 aliphatic carbocycles.